The first-order chi connectivity index (χ1) is 12.3. The zero-order valence-electron chi connectivity index (χ0n) is 14.6. The number of carbonyl (C=O) groups is 2. The summed E-state index contributed by atoms with van der Waals surface area (Å²) in [5.74, 6) is -1.28. The lowest BCUT2D eigenvalue weighted by atomic mass is 10.1. The molecule has 1 N–H and O–H groups in total. The van der Waals surface area contributed by atoms with Crippen LogP contribution in [-0.4, -0.2) is 29.7 Å². The third-order valence-corrected chi connectivity index (χ3v) is 4.24. The number of carbonyl (C=O) groups excluding carboxylic acids is 2. The van der Waals surface area contributed by atoms with Crippen LogP contribution in [0, 0.1) is 24.0 Å². The van der Waals surface area contributed by atoms with Gasteiger partial charge in [0.1, 0.15) is 0 Å². The van der Waals surface area contributed by atoms with Gasteiger partial charge >= 0.3 is 5.97 Å². The van der Waals surface area contributed by atoms with Gasteiger partial charge in [-0.15, -0.1) is 11.8 Å². The molecule has 0 heterocycles. The molecular formula is C18H18N2O5S. The van der Waals surface area contributed by atoms with Crippen LogP contribution in [0.2, 0.25) is 0 Å². The van der Waals surface area contributed by atoms with Gasteiger partial charge in [-0.3, -0.25) is 14.9 Å². The summed E-state index contributed by atoms with van der Waals surface area (Å²) in [7, 11) is 0. The summed E-state index contributed by atoms with van der Waals surface area (Å²) in [6.07, 6.45) is 1.71. The molecule has 0 atom stereocenters. The van der Waals surface area contributed by atoms with Crippen molar-refractivity contribution in [2.45, 2.75) is 18.7 Å². The quantitative estimate of drug-likeness (QED) is 0.358. The van der Waals surface area contributed by atoms with E-state index in [0.717, 1.165) is 17.2 Å². The zero-order valence-corrected chi connectivity index (χ0v) is 15.4. The first kappa shape index (κ1) is 19.5. The molecule has 2 aromatic rings. The molecule has 8 heteroatoms. The summed E-state index contributed by atoms with van der Waals surface area (Å²) >= 11 is 1.21. The fourth-order valence-electron chi connectivity index (χ4n) is 2.42. The highest BCUT2D eigenvalue weighted by molar-refractivity contribution is 7.98. The van der Waals surface area contributed by atoms with E-state index in [4.69, 9.17) is 4.74 Å². The first-order valence-corrected chi connectivity index (χ1v) is 8.90. The summed E-state index contributed by atoms with van der Waals surface area (Å²) in [5.41, 5.74) is 2.46. The highest BCUT2D eigenvalue weighted by Gasteiger charge is 2.18. The number of nitro benzene ring substituents is 1. The number of anilines is 1. The van der Waals surface area contributed by atoms with Crippen LogP contribution in [0.4, 0.5) is 11.4 Å². The minimum atomic E-state index is -0.795. The third kappa shape index (κ3) is 5.06. The van der Waals surface area contributed by atoms with Gasteiger partial charge in [-0.05, 0) is 55.5 Å². The molecule has 0 saturated carbocycles. The summed E-state index contributed by atoms with van der Waals surface area (Å²) in [5, 5.41) is 13.7. The minimum Gasteiger partial charge on any atom is -0.452 e. The average molecular weight is 374 g/mol. The topological polar surface area (TPSA) is 98.5 Å². The Hall–Kier alpha value is -2.87. The number of esters is 1. The molecule has 136 valence electrons. The van der Waals surface area contributed by atoms with Gasteiger partial charge in [0, 0.05) is 11.8 Å². The molecule has 0 aliphatic carbocycles. The zero-order chi connectivity index (χ0) is 19.3. The Bertz CT molecular complexity index is 846. The highest BCUT2D eigenvalue weighted by Crippen LogP contribution is 2.28. The molecule has 0 bridgehead atoms. The number of benzene rings is 2. The lowest BCUT2D eigenvalue weighted by molar-refractivity contribution is -0.387. The van der Waals surface area contributed by atoms with Crippen LogP contribution in [0.15, 0.2) is 41.3 Å². The van der Waals surface area contributed by atoms with Gasteiger partial charge in [-0.25, -0.2) is 4.79 Å². The molecule has 0 fully saturated rings. The Morgan fingerprint density at radius 1 is 1.15 bits per heavy atom. The van der Waals surface area contributed by atoms with Crippen LogP contribution in [0.25, 0.3) is 0 Å². The second-order valence-electron chi connectivity index (χ2n) is 5.64. The van der Waals surface area contributed by atoms with Crippen molar-refractivity contribution < 1.29 is 19.2 Å². The maximum absolute atomic E-state index is 12.1. The van der Waals surface area contributed by atoms with E-state index in [0.29, 0.717) is 10.6 Å². The van der Waals surface area contributed by atoms with Crippen molar-refractivity contribution in [2.24, 2.45) is 0 Å². The molecule has 0 saturated heterocycles. The second kappa shape index (κ2) is 8.48. The Labute approximate surface area is 154 Å². The van der Waals surface area contributed by atoms with Crippen molar-refractivity contribution in [2.75, 3.05) is 18.2 Å². The van der Waals surface area contributed by atoms with Crippen molar-refractivity contribution in [3.8, 4) is 0 Å². The summed E-state index contributed by atoms with van der Waals surface area (Å²) < 4.78 is 4.95. The SMILES string of the molecule is CSc1ccc(C(=O)OCC(=O)Nc2cc(C)cc(C)c2)cc1[N+](=O)[O-]. The van der Waals surface area contributed by atoms with Gasteiger partial charge in [0.05, 0.1) is 15.4 Å². The van der Waals surface area contributed by atoms with E-state index >= 15 is 0 Å². The lowest BCUT2D eigenvalue weighted by Crippen LogP contribution is -2.21. The van der Waals surface area contributed by atoms with Gasteiger partial charge in [0.15, 0.2) is 6.61 Å². The van der Waals surface area contributed by atoms with Crippen molar-refractivity contribution >= 4 is 35.0 Å². The van der Waals surface area contributed by atoms with Gasteiger partial charge in [0.25, 0.3) is 11.6 Å². The standard InChI is InChI=1S/C18H18N2O5S/c1-11-6-12(2)8-14(7-11)19-17(21)10-25-18(22)13-4-5-16(26-3)15(9-13)20(23)24/h4-9H,10H2,1-3H3,(H,19,21). The van der Waals surface area contributed by atoms with Gasteiger partial charge in [-0.1, -0.05) is 6.07 Å². The number of ether oxygens (including phenoxy) is 1. The largest absolute Gasteiger partial charge is 0.452 e. The number of hydrogen-bond acceptors (Lipinski definition) is 6. The van der Waals surface area contributed by atoms with Crippen LogP contribution in [0.3, 0.4) is 0 Å². The van der Waals surface area contributed by atoms with E-state index < -0.39 is 23.4 Å². The molecule has 0 radical (unpaired) electrons. The molecule has 0 aliphatic heterocycles. The van der Waals surface area contributed by atoms with E-state index in [1.54, 1.807) is 18.4 Å². The molecule has 0 spiro atoms. The smallest absolute Gasteiger partial charge is 0.338 e. The number of hydrogen-bond donors (Lipinski definition) is 1. The van der Waals surface area contributed by atoms with Gasteiger partial charge in [-0.2, -0.15) is 0 Å². The average Bonchev–Trinajstić information content (AvgIpc) is 2.58. The number of amides is 1. The van der Waals surface area contributed by atoms with Crippen LogP contribution < -0.4 is 5.32 Å². The molecular weight excluding hydrogens is 356 g/mol. The maximum atomic E-state index is 12.1. The van der Waals surface area contributed by atoms with E-state index in [1.807, 2.05) is 19.9 Å². The molecule has 0 aliphatic rings. The Morgan fingerprint density at radius 2 is 1.81 bits per heavy atom. The van der Waals surface area contributed by atoms with E-state index in [2.05, 4.69) is 5.32 Å². The number of nitrogens with zero attached hydrogens (tertiary/aromatic N) is 1. The molecule has 26 heavy (non-hydrogen) atoms. The van der Waals surface area contributed by atoms with Crippen LogP contribution in [-0.2, 0) is 9.53 Å². The summed E-state index contributed by atoms with van der Waals surface area (Å²) in [6.45, 7) is 3.34. The fourth-order valence-corrected chi connectivity index (χ4v) is 2.96. The molecule has 7 nitrogen and oxygen atoms in total. The second-order valence-corrected chi connectivity index (χ2v) is 6.49. The maximum Gasteiger partial charge on any atom is 0.338 e. The molecule has 2 rings (SSSR count). The number of nitro groups is 1. The van der Waals surface area contributed by atoms with E-state index in [9.17, 15) is 19.7 Å². The number of nitrogens with one attached hydrogen (secondary N) is 1. The van der Waals surface area contributed by atoms with Gasteiger partial charge in [0.2, 0.25) is 0 Å². The van der Waals surface area contributed by atoms with Gasteiger partial charge < -0.3 is 10.1 Å². The monoisotopic (exact) mass is 374 g/mol. The van der Waals surface area contributed by atoms with Crippen LogP contribution in [0.5, 0.6) is 0 Å². The van der Waals surface area contributed by atoms with Crippen LogP contribution >= 0.6 is 11.8 Å². The molecule has 0 unspecified atom stereocenters. The Kier molecular flexibility index (Phi) is 6.35. The summed E-state index contributed by atoms with van der Waals surface area (Å²) in [6, 6.07) is 9.64. The van der Waals surface area contributed by atoms with Crippen molar-refractivity contribution in [3.05, 3.63) is 63.2 Å². The third-order valence-electron chi connectivity index (χ3n) is 3.45. The van der Waals surface area contributed by atoms with Crippen LogP contribution in [0.1, 0.15) is 21.5 Å². The predicted molar refractivity (Wildman–Crippen MR) is 99.7 cm³/mol. The first-order valence-electron chi connectivity index (χ1n) is 7.68. The van der Waals surface area contributed by atoms with Crippen molar-refractivity contribution in [1.82, 2.24) is 0 Å². The number of rotatable bonds is 6. The highest BCUT2D eigenvalue weighted by atomic mass is 32.2. The summed E-state index contributed by atoms with van der Waals surface area (Å²) in [4.78, 5) is 34.9. The normalized spacial score (nSPS) is 10.3. The van der Waals surface area contributed by atoms with Crippen molar-refractivity contribution in [1.29, 1.82) is 0 Å². The van der Waals surface area contributed by atoms with Crippen molar-refractivity contribution in [3.63, 3.8) is 0 Å². The Balaban J connectivity index is 2.00. The lowest BCUT2D eigenvalue weighted by Gasteiger charge is -2.09. The predicted octanol–water partition coefficient (Wildman–Crippen LogP) is 3.73. The molecule has 0 aromatic heterocycles. The Morgan fingerprint density at radius 3 is 2.38 bits per heavy atom. The van der Waals surface area contributed by atoms with E-state index in [1.165, 1.54) is 23.9 Å². The fraction of sp³-hybridized carbons (Fsp3) is 0.222. The molecule has 2 aromatic carbocycles. The van der Waals surface area contributed by atoms with E-state index in [-0.39, 0.29) is 11.3 Å². The minimum absolute atomic E-state index is 0.0219. The number of thioether (sulfide) groups is 1. The number of aryl methyl sites for hydroxylation is 2. The molecule has 1 amide bonds.